The van der Waals surface area contributed by atoms with Crippen LogP contribution in [0.3, 0.4) is 0 Å². The molecule has 2 aromatic carbocycles. The smallest absolute Gasteiger partial charge is 0.221 e. The summed E-state index contributed by atoms with van der Waals surface area (Å²) in [5.41, 5.74) is 1.73. The zero-order valence-corrected chi connectivity index (χ0v) is 18.2. The molecule has 0 saturated heterocycles. The molecule has 162 valence electrons. The molecule has 0 heterocycles. The maximum Gasteiger partial charge on any atom is 0.221 e. The fourth-order valence-electron chi connectivity index (χ4n) is 2.90. The standard InChI is InChI=1S/C22H30N4O4/c1-16(27)25-18-7-6-8-20(13-18)30-12-11-24-22(23-2)26(3)15-17-9-10-19(28-4)14-21(17)29-5/h6-10,13-14H,11-12,15H2,1-5H3,(H,23,24)(H,25,27). The second kappa shape index (κ2) is 11.5. The SMILES string of the molecule is CN=C(NCCOc1cccc(NC(C)=O)c1)N(C)Cc1ccc(OC)cc1OC. The second-order valence-corrected chi connectivity index (χ2v) is 6.57. The van der Waals surface area contributed by atoms with Gasteiger partial charge < -0.3 is 29.7 Å². The molecule has 2 N–H and O–H groups in total. The van der Waals surface area contributed by atoms with Crippen LogP contribution in [0.5, 0.6) is 17.2 Å². The van der Waals surface area contributed by atoms with Gasteiger partial charge in [-0.1, -0.05) is 6.07 Å². The lowest BCUT2D eigenvalue weighted by molar-refractivity contribution is -0.114. The molecule has 0 aliphatic rings. The quantitative estimate of drug-likeness (QED) is 0.373. The van der Waals surface area contributed by atoms with Crippen molar-refractivity contribution in [1.29, 1.82) is 0 Å². The van der Waals surface area contributed by atoms with E-state index in [1.807, 2.05) is 48.3 Å². The van der Waals surface area contributed by atoms with Crippen LogP contribution in [0.2, 0.25) is 0 Å². The molecule has 0 bridgehead atoms. The number of benzene rings is 2. The third kappa shape index (κ3) is 6.88. The van der Waals surface area contributed by atoms with Crippen molar-refractivity contribution in [1.82, 2.24) is 10.2 Å². The van der Waals surface area contributed by atoms with Gasteiger partial charge in [0.15, 0.2) is 5.96 Å². The number of amides is 1. The number of rotatable bonds is 9. The van der Waals surface area contributed by atoms with Crippen LogP contribution in [-0.4, -0.2) is 58.2 Å². The Hall–Kier alpha value is -3.42. The number of aliphatic imine (C=N–C) groups is 1. The predicted molar refractivity (Wildman–Crippen MR) is 119 cm³/mol. The number of anilines is 1. The van der Waals surface area contributed by atoms with E-state index < -0.39 is 0 Å². The molecule has 0 atom stereocenters. The predicted octanol–water partition coefficient (Wildman–Crippen LogP) is 2.75. The first-order valence-electron chi connectivity index (χ1n) is 9.60. The van der Waals surface area contributed by atoms with Gasteiger partial charge in [0.1, 0.15) is 23.9 Å². The summed E-state index contributed by atoms with van der Waals surface area (Å²) >= 11 is 0. The van der Waals surface area contributed by atoms with Gasteiger partial charge in [-0.25, -0.2) is 0 Å². The first-order chi connectivity index (χ1) is 14.5. The summed E-state index contributed by atoms with van der Waals surface area (Å²) in [6.45, 7) is 3.11. The Bertz CT molecular complexity index is 870. The Morgan fingerprint density at radius 1 is 1.10 bits per heavy atom. The molecule has 2 rings (SSSR count). The molecule has 0 spiro atoms. The minimum absolute atomic E-state index is 0.117. The van der Waals surface area contributed by atoms with Crippen molar-refractivity contribution in [3.63, 3.8) is 0 Å². The van der Waals surface area contributed by atoms with Crippen molar-refractivity contribution in [2.45, 2.75) is 13.5 Å². The lowest BCUT2D eigenvalue weighted by Gasteiger charge is -2.23. The summed E-state index contributed by atoms with van der Waals surface area (Å²) in [5.74, 6) is 2.83. The molecule has 0 aliphatic heterocycles. The van der Waals surface area contributed by atoms with Crippen molar-refractivity contribution in [2.75, 3.05) is 46.8 Å². The van der Waals surface area contributed by atoms with Gasteiger partial charge in [-0.3, -0.25) is 9.79 Å². The Balaban J connectivity index is 1.86. The minimum atomic E-state index is -0.117. The van der Waals surface area contributed by atoms with E-state index in [1.165, 1.54) is 6.92 Å². The summed E-state index contributed by atoms with van der Waals surface area (Å²) in [7, 11) is 6.96. The third-order valence-electron chi connectivity index (χ3n) is 4.28. The van der Waals surface area contributed by atoms with E-state index in [0.29, 0.717) is 31.1 Å². The van der Waals surface area contributed by atoms with Crippen LogP contribution in [0.25, 0.3) is 0 Å². The molecule has 8 heteroatoms. The molecule has 8 nitrogen and oxygen atoms in total. The zero-order valence-electron chi connectivity index (χ0n) is 18.2. The number of carbonyl (C=O) groups is 1. The Labute approximate surface area is 177 Å². The first-order valence-corrected chi connectivity index (χ1v) is 9.60. The van der Waals surface area contributed by atoms with Crippen LogP contribution in [0, 0.1) is 0 Å². The summed E-state index contributed by atoms with van der Waals surface area (Å²) in [6, 6.07) is 13.0. The largest absolute Gasteiger partial charge is 0.497 e. The molecule has 0 aromatic heterocycles. The maximum atomic E-state index is 11.2. The molecule has 0 saturated carbocycles. The molecule has 2 aromatic rings. The minimum Gasteiger partial charge on any atom is -0.497 e. The topological polar surface area (TPSA) is 84.4 Å². The summed E-state index contributed by atoms with van der Waals surface area (Å²) < 4.78 is 16.5. The molecule has 0 radical (unpaired) electrons. The summed E-state index contributed by atoms with van der Waals surface area (Å²) in [5, 5.41) is 6.02. The molecule has 0 unspecified atom stereocenters. The van der Waals surface area contributed by atoms with Crippen LogP contribution < -0.4 is 24.8 Å². The van der Waals surface area contributed by atoms with Crippen LogP contribution in [0.1, 0.15) is 12.5 Å². The lowest BCUT2D eigenvalue weighted by Crippen LogP contribution is -2.40. The van der Waals surface area contributed by atoms with Crippen molar-refractivity contribution in [3.8, 4) is 17.2 Å². The molecular weight excluding hydrogens is 384 g/mol. The Morgan fingerprint density at radius 3 is 2.57 bits per heavy atom. The van der Waals surface area contributed by atoms with Crippen LogP contribution in [0.15, 0.2) is 47.5 Å². The normalized spacial score (nSPS) is 10.9. The Kier molecular flexibility index (Phi) is 8.80. The number of hydrogen-bond donors (Lipinski definition) is 2. The fourth-order valence-corrected chi connectivity index (χ4v) is 2.90. The van der Waals surface area contributed by atoms with Crippen molar-refractivity contribution in [3.05, 3.63) is 48.0 Å². The van der Waals surface area contributed by atoms with E-state index in [2.05, 4.69) is 15.6 Å². The Morgan fingerprint density at radius 2 is 1.90 bits per heavy atom. The van der Waals surface area contributed by atoms with Gasteiger partial charge in [-0.15, -0.1) is 0 Å². The summed E-state index contributed by atoms with van der Waals surface area (Å²) in [4.78, 5) is 17.5. The molecular formula is C22H30N4O4. The van der Waals surface area contributed by atoms with Gasteiger partial charge in [-0.2, -0.15) is 0 Å². The van der Waals surface area contributed by atoms with Gasteiger partial charge in [0.25, 0.3) is 0 Å². The van der Waals surface area contributed by atoms with Gasteiger partial charge in [0.05, 0.1) is 20.8 Å². The number of hydrogen-bond acceptors (Lipinski definition) is 5. The lowest BCUT2D eigenvalue weighted by atomic mass is 10.2. The zero-order chi connectivity index (χ0) is 21.9. The average Bonchev–Trinajstić information content (AvgIpc) is 2.73. The second-order valence-electron chi connectivity index (χ2n) is 6.57. The van der Waals surface area contributed by atoms with Gasteiger partial charge in [0, 0.05) is 50.9 Å². The number of guanidine groups is 1. The number of ether oxygens (including phenoxy) is 3. The highest BCUT2D eigenvalue weighted by Crippen LogP contribution is 2.25. The van der Waals surface area contributed by atoms with E-state index in [0.717, 1.165) is 23.0 Å². The van der Waals surface area contributed by atoms with Crippen LogP contribution >= 0.6 is 0 Å². The number of methoxy groups -OCH3 is 2. The van der Waals surface area contributed by atoms with Crippen molar-refractivity contribution < 1.29 is 19.0 Å². The van der Waals surface area contributed by atoms with E-state index in [1.54, 1.807) is 27.3 Å². The van der Waals surface area contributed by atoms with E-state index in [9.17, 15) is 4.79 Å². The highest BCUT2D eigenvalue weighted by atomic mass is 16.5. The first kappa shape index (κ1) is 22.9. The van der Waals surface area contributed by atoms with Crippen molar-refractivity contribution in [2.24, 2.45) is 4.99 Å². The molecule has 1 amide bonds. The molecule has 0 fully saturated rings. The number of nitrogens with zero attached hydrogens (tertiary/aromatic N) is 2. The molecule has 0 aliphatic carbocycles. The van der Waals surface area contributed by atoms with Gasteiger partial charge in [0.2, 0.25) is 5.91 Å². The van der Waals surface area contributed by atoms with E-state index >= 15 is 0 Å². The monoisotopic (exact) mass is 414 g/mol. The third-order valence-corrected chi connectivity index (χ3v) is 4.28. The molecule has 30 heavy (non-hydrogen) atoms. The van der Waals surface area contributed by atoms with Crippen LogP contribution in [0.4, 0.5) is 5.69 Å². The highest BCUT2D eigenvalue weighted by Gasteiger charge is 2.11. The maximum absolute atomic E-state index is 11.2. The average molecular weight is 415 g/mol. The number of carbonyl (C=O) groups excluding carboxylic acids is 1. The summed E-state index contributed by atoms with van der Waals surface area (Å²) in [6.07, 6.45) is 0. The van der Waals surface area contributed by atoms with E-state index in [4.69, 9.17) is 14.2 Å². The van der Waals surface area contributed by atoms with Crippen LogP contribution in [-0.2, 0) is 11.3 Å². The highest BCUT2D eigenvalue weighted by molar-refractivity contribution is 5.88. The van der Waals surface area contributed by atoms with Crippen molar-refractivity contribution >= 4 is 17.6 Å². The van der Waals surface area contributed by atoms with Gasteiger partial charge >= 0.3 is 0 Å². The number of nitrogens with one attached hydrogen (secondary N) is 2. The van der Waals surface area contributed by atoms with E-state index in [-0.39, 0.29) is 5.91 Å². The fraction of sp³-hybridized carbons (Fsp3) is 0.364. The van der Waals surface area contributed by atoms with Gasteiger partial charge in [-0.05, 0) is 24.3 Å².